The summed E-state index contributed by atoms with van der Waals surface area (Å²) in [4.78, 5) is 6.17. The molecule has 0 saturated carbocycles. The SMILES string of the molecule is NNc1cc(S(=O)(=O)NCCN2CCOCC2)ccn1. The summed E-state index contributed by atoms with van der Waals surface area (Å²) in [6, 6.07) is 2.81. The van der Waals surface area contributed by atoms with E-state index in [-0.39, 0.29) is 4.90 Å². The van der Waals surface area contributed by atoms with Gasteiger partial charge in [-0.1, -0.05) is 0 Å². The van der Waals surface area contributed by atoms with Gasteiger partial charge in [-0.2, -0.15) is 0 Å². The van der Waals surface area contributed by atoms with Gasteiger partial charge in [0.05, 0.1) is 18.1 Å². The number of ether oxygens (including phenoxy) is 1. The minimum Gasteiger partial charge on any atom is -0.379 e. The number of morpholine rings is 1. The van der Waals surface area contributed by atoms with Gasteiger partial charge in [0.1, 0.15) is 5.82 Å². The molecule has 1 fully saturated rings. The van der Waals surface area contributed by atoms with E-state index >= 15 is 0 Å². The number of hydrazine groups is 1. The molecular formula is C11H19N5O3S. The zero-order chi connectivity index (χ0) is 14.4. The zero-order valence-corrected chi connectivity index (χ0v) is 11.9. The number of hydrogen-bond acceptors (Lipinski definition) is 7. The lowest BCUT2D eigenvalue weighted by Crippen LogP contribution is -2.41. The second kappa shape index (κ2) is 6.95. The van der Waals surface area contributed by atoms with Crippen LogP contribution in [0.4, 0.5) is 5.82 Å². The second-order valence-corrected chi connectivity index (χ2v) is 6.14. The van der Waals surface area contributed by atoms with E-state index in [1.165, 1.54) is 18.3 Å². The average Bonchev–Trinajstić information content (AvgIpc) is 2.48. The predicted octanol–water partition coefficient (Wildman–Crippen LogP) is -1.02. The Morgan fingerprint density at radius 2 is 2.15 bits per heavy atom. The standard InChI is InChI=1S/C11H19N5O3S/c12-15-11-9-10(1-2-13-11)20(17,18)14-3-4-16-5-7-19-8-6-16/h1-2,9,14H,3-8,12H2,(H,13,15). The molecule has 1 aromatic heterocycles. The molecule has 9 heteroatoms. The first-order chi connectivity index (χ1) is 9.62. The Kier molecular flexibility index (Phi) is 5.26. The van der Waals surface area contributed by atoms with Crippen molar-refractivity contribution in [2.45, 2.75) is 4.90 Å². The molecule has 0 aromatic carbocycles. The van der Waals surface area contributed by atoms with Crippen LogP contribution >= 0.6 is 0 Å². The van der Waals surface area contributed by atoms with Crippen molar-refractivity contribution in [3.8, 4) is 0 Å². The third-order valence-electron chi connectivity index (χ3n) is 3.01. The van der Waals surface area contributed by atoms with Crippen LogP contribution in [-0.4, -0.2) is 57.7 Å². The van der Waals surface area contributed by atoms with Crippen LogP contribution in [0.1, 0.15) is 0 Å². The Morgan fingerprint density at radius 1 is 1.40 bits per heavy atom. The number of pyridine rings is 1. The van der Waals surface area contributed by atoms with Crippen LogP contribution in [0.25, 0.3) is 0 Å². The molecule has 1 saturated heterocycles. The summed E-state index contributed by atoms with van der Waals surface area (Å²) in [5, 5.41) is 0. The van der Waals surface area contributed by atoms with E-state index in [0.29, 0.717) is 32.1 Å². The molecule has 8 nitrogen and oxygen atoms in total. The summed E-state index contributed by atoms with van der Waals surface area (Å²) in [6.07, 6.45) is 1.39. The van der Waals surface area contributed by atoms with Crippen LogP contribution < -0.4 is 16.0 Å². The van der Waals surface area contributed by atoms with Crippen LogP contribution in [0.5, 0.6) is 0 Å². The molecule has 2 heterocycles. The quantitative estimate of drug-likeness (QED) is 0.455. The van der Waals surface area contributed by atoms with Crippen molar-refractivity contribution in [3.05, 3.63) is 18.3 Å². The van der Waals surface area contributed by atoms with Gasteiger partial charge in [0.15, 0.2) is 0 Å². The third kappa shape index (κ3) is 4.12. The maximum absolute atomic E-state index is 12.1. The number of nitrogen functional groups attached to an aromatic ring is 1. The molecule has 0 unspecified atom stereocenters. The molecule has 1 aliphatic rings. The summed E-state index contributed by atoms with van der Waals surface area (Å²) in [7, 11) is -3.54. The van der Waals surface area contributed by atoms with E-state index in [1.807, 2.05) is 0 Å². The van der Waals surface area contributed by atoms with Gasteiger partial charge < -0.3 is 10.2 Å². The fourth-order valence-corrected chi connectivity index (χ4v) is 2.94. The third-order valence-corrected chi connectivity index (χ3v) is 4.47. The van der Waals surface area contributed by atoms with Gasteiger partial charge in [0.25, 0.3) is 0 Å². The monoisotopic (exact) mass is 301 g/mol. The van der Waals surface area contributed by atoms with Crippen molar-refractivity contribution in [2.75, 3.05) is 44.8 Å². The van der Waals surface area contributed by atoms with Gasteiger partial charge in [-0.25, -0.2) is 24.0 Å². The van der Waals surface area contributed by atoms with Crippen LogP contribution in [0.15, 0.2) is 23.2 Å². The maximum Gasteiger partial charge on any atom is 0.240 e. The highest BCUT2D eigenvalue weighted by Crippen LogP contribution is 2.11. The van der Waals surface area contributed by atoms with Crippen molar-refractivity contribution in [1.29, 1.82) is 0 Å². The lowest BCUT2D eigenvalue weighted by molar-refractivity contribution is 0.0390. The largest absolute Gasteiger partial charge is 0.379 e. The van der Waals surface area contributed by atoms with E-state index in [4.69, 9.17) is 10.6 Å². The number of rotatable bonds is 6. The number of nitrogens with zero attached hydrogens (tertiary/aromatic N) is 2. The number of hydrogen-bond donors (Lipinski definition) is 3. The molecule has 4 N–H and O–H groups in total. The molecule has 112 valence electrons. The fraction of sp³-hybridized carbons (Fsp3) is 0.545. The topological polar surface area (TPSA) is 110 Å². The highest BCUT2D eigenvalue weighted by Gasteiger charge is 2.16. The summed E-state index contributed by atoms with van der Waals surface area (Å²) in [6.45, 7) is 4.08. The van der Waals surface area contributed by atoms with E-state index < -0.39 is 10.0 Å². The Morgan fingerprint density at radius 3 is 2.85 bits per heavy atom. The summed E-state index contributed by atoms with van der Waals surface area (Å²) < 4.78 is 32.0. The Labute approximate surface area is 118 Å². The Hall–Kier alpha value is -1.26. The lowest BCUT2D eigenvalue weighted by Gasteiger charge is -2.26. The number of sulfonamides is 1. The minimum atomic E-state index is -3.54. The molecule has 20 heavy (non-hydrogen) atoms. The normalized spacial score (nSPS) is 17.1. The predicted molar refractivity (Wildman–Crippen MR) is 74.5 cm³/mol. The highest BCUT2D eigenvalue weighted by atomic mass is 32.2. The van der Waals surface area contributed by atoms with Crippen LogP contribution in [0.2, 0.25) is 0 Å². The molecule has 0 spiro atoms. The average molecular weight is 301 g/mol. The van der Waals surface area contributed by atoms with Gasteiger partial charge in [0, 0.05) is 38.4 Å². The number of anilines is 1. The van der Waals surface area contributed by atoms with Crippen LogP contribution in [0, 0.1) is 0 Å². The summed E-state index contributed by atoms with van der Waals surface area (Å²) >= 11 is 0. The van der Waals surface area contributed by atoms with E-state index in [0.717, 1.165) is 13.1 Å². The van der Waals surface area contributed by atoms with E-state index in [2.05, 4.69) is 20.0 Å². The molecule has 1 aromatic rings. The van der Waals surface area contributed by atoms with E-state index in [9.17, 15) is 8.42 Å². The molecule has 0 radical (unpaired) electrons. The molecular weight excluding hydrogens is 282 g/mol. The van der Waals surface area contributed by atoms with E-state index in [1.54, 1.807) is 0 Å². The molecule has 0 bridgehead atoms. The van der Waals surface area contributed by atoms with Crippen molar-refractivity contribution >= 4 is 15.8 Å². The first kappa shape index (κ1) is 15.1. The molecule has 0 amide bonds. The minimum absolute atomic E-state index is 0.141. The molecule has 2 rings (SSSR count). The molecule has 1 aliphatic heterocycles. The van der Waals surface area contributed by atoms with Crippen molar-refractivity contribution in [2.24, 2.45) is 5.84 Å². The van der Waals surface area contributed by atoms with Crippen LogP contribution in [0.3, 0.4) is 0 Å². The maximum atomic E-state index is 12.1. The number of nitrogens with one attached hydrogen (secondary N) is 2. The van der Waals surface area contributed by atoms with Crippen LogP contribution in [-0.2, 0) is 14.8 Å². The second-order valence-electron chi connectivity index (χ2n) is 4.37. The smallest absolute Gasteiger partial charge is 0.240 e. The Bertz CT molecular complexity index is 531. The number of aromatic nitrogens is 1. The van der Waals surface area contributed by atoms with Gasteiger partial charge in [-0.05, 0) is 6.07 Å². The zero-order valence-electron chi connectivity index (χ0n) is 11.1. The van der Waals surface area contributed by atoms with Gasteiger partial charge >= 0.3 is 0 Å². The first-order valence-electron chi connectivity index (χ1n) is 6.34. The lowest BCUT2D eigenvalue weighted by atomic mass is 10.4. The van der Waals surface area contributed by atoms with Crippen molar-refractivity contribution < 1.29 is 13.2 Å². The fourth-order valence-electron chi connectivity index (χ4n) is 1.90. The Balaban J connectivity index is 1.89. The molecule has 0 aliphatic carbocycles. The highest BCUT2D eigenvalue weighted by molar-refractivity contribution is 7.89. The summed E-state index contributed by atoms with van der Waals surface area (Å²) in [5.41, 5.74) is 2.32. The summed E-state index contributed by atoms with van der Waals surface area (Å²) in [5.74, 6) is 5.52. The van der Waals surface area contributed by atoms with Gasteiger partial charge in [-0.3, -0.25) is 4.90 Å². The van der Waals surface area contributed by atoms with Gasteiger partial charge in [-0.15, -0.1) is 0 Å². The van der Waals surface area contributed by atoms with Gasteiger partial charge in [0.2, 0.25) is 10.0 Å². The van der Waals surface area contributed by atoms with Crippen molar-refractivity contribution in [3.63, 3.8) is 0 Å². The molecule has 0 atom stereocenters. The number of nitrogens with two attached hydrogens (primary N) is 1. The first-order valence-corrected chi connectivity index (χ1v) is 7.82. The van der Waals surface area contributed by atoms with Crippen molar-refractivity contribution in [1.82, 2.24) is 14.6 Å².